The first-order valence-corrected chi connectivity index (χ1v) is 12.4. The van der Waals surface area contributed by atoms with Crippen LogP contribution in [0.4, 0.5) is 5.69 Å². The molecule has 0 fully saturated rings. The smallest absolute Gasteiger partial charge is 0.356 e. The molecular weight excluding hydrogens is 470 g/mol. The number of nitrogens with zero attached hydrogens (tertiary/aromatic N) is 2. The van der Waals surface area contributed by atoms with E-state index in [1.54, 1.807) is 19.1 Å². The number of benzene rings is 1. The average molecular weight is 496 g/mol. The summed E-state index contributed by atoms with van der Waals surface area (Å²) in [5, 5.41) is 17.9. The van der Waals surface area contributed by atoms with Gasteiger partial charge in [0.2, 0.25) is 12.3 Å². The molecule has 0 aliphatic carbocycles. The van der Waals surface area contributed by atoms with Crippen LogP contribution in [0.15, 0.2) is 41.4 Å². The summed E-state index contributed by atoms with van der Waals surface area (Å²) in [5.41, 5.74) is 2.27. The Morgan fingerprint density at radius 1 is 1.33 bits per heavy atom. The van der Waals surface area contributed by atoms with Crippen LogP contribution in [0.3, 0.4) is 0 Å². The quantitative estimate of drug-likeness (QED) is 0.321. The molecule has 5 N–H and O–H groups in total. The van der Waals surface area contributed by atoms with E-state index in [9.17, 15) is 23.1 Å². The molecule has 1 aliphatic rings. The first-order valence-electron chi connectivity index (χ1n) is 10.0. The topological polar surface area (TPSA) is 161 Å². The molecule has 1 aromatic heterocycles. The van der Waals surface area contributed by atoms with E-state index >= 15 is 0 Å². The van der Waals surface area contributed by atoms with Crippen molar-refractivity contribution < 1.29 is 27.7 Å². The normalized spacial score (nSPS) is 17.2. The third kappa shape index (κ3) is 6.99. The first kappa shape index (κ1) is 24.6. The van der Waals surface area contributed by atoms with Crippen molar-refractivity contribution in [3.8, 4) is 0 Å². The Kier molecular flexibility index (Phi) is 7.68. The molecule has 1 aliphatic heterocycles. The fourth-order valence-electron chi connectivity index (χ4n) is 3.17. The molecule has 0 bridgehead atoms. The van der Waals surface area contributed by atoms with Crippen molar-refractivity contribution in [1.82, 2.24) is 20.5 Å². The minimum absolute atomic E-state index is 0.182. The highest BCUT2D eigenvalue weighted by Gasteiger charge is 2.26. The SMILES string of the molecule is CCc1csc([C@H](Cc2ccc(NS(=O)(=O)O)cc2)NC(=O)CN2C=C(C)C(=O)NC2O)n1. The van der Waals surface area contributed by atoms with Crippen LogP contribution in [0.2, 0.25) is 0 Å². The third-order valence-corrected chi connectivity index (χ3v) is 6.32. The minimum atomic E-state index is -4.37. The predicted molar refractivity (Wildman–Crippen MR) is 122 cm³/mol. The number of amides is 2. The van der Waals surface area contributed by atoms with Crippen LogP contribution < -0.4 is 15.4 Å². The van der Waals surface area contributed by atoms with Crippen LogP contribution in [0.5, 0.6) is 0 Å². The van der Waals surface area contributed by atoms with Gasteiger partial charge in [-0.3, -0.25) is 18.9 Å². The molecule has 13 heteroatoms. The van der Waals surface area contributed by atoms with Gasteiger partial charge in [-0.25, -0.2) is 4.98 Å². The van der Waals surface area contributed by atoms with Crippen molar-refractivity contribution in [1.29, 1.82) is 0 Å². The van der Waals surface area contributed by atoms with Gasteiger partial charge in [0.1, 0.15) is 11.6 Å². The van der Waals surface area contributed by atoms with E-state index in [4.69, 9.17) is 4.55 Å². The highest BCUT2D eigenvalue weighted by atomic mass is 32.2. The number of rotatable bonds is 9. The standard InChI is InChI=1S/C20H25N5O6S2/c1-3-14-11-32-19(21-14)16(8-13-4-6-15(7-5-13)24-33(29,30)31)22-17(26)10-25-9-12(2)18(27)23-20(25)28/h4-7,9,11,16,20,24,28H,3,8,10H2,1-2H3,(H,22,26)(H,23,27)(H,29,30,31)/t16-,20?/m0/s1. The van der Waals surface area contributed by atoms with Crippen LogP contribution in [0, 0.1) is 0 Å². The molecule has 11 nitrogen and oxygen atoms in total. The molecule has 2 atom stereocenters. The van der Waals surface area contributed by atoms with Crippen molar-refractivity contribution in [2.24, 2.45) is 0 Å². The van der Waals surface area contributed by atoms with E-state index in [0.29, 0.717) is 17.0 Å². The van der Waals surface area contributed by atoms with Crippen molar-refractivity contribution >= 4 is 39.1 Å². The van der Waals surface area contributed by atoms with Crippen molar-refractivity contribution in [3.63, 3.8) is 0 Å². The second-order valence-corrected chi connectivity index (χ2v) is 9.50. The number of aryl methyl sites for hydroxylation is 1. The number of aliphatic hydroxyl groups excluding tert-OH is 1. The number of anilines is 1. The fraction of sp³-hybridized carbons (Fsp3) is 0.350. The summed E-state index contributed by atoms with van der Waals surface area (Å²) in [7, 11) is -4.37. The highest BCUT2D eigenvalue weighted by Crippen LogP contribution is 2.24. The van der Waals surface area contributed by atoms with E-state index in [-0.39, 0.29) is 18.1 Å². The number of hydrogen-bond donors (Lipinski definition) is 5. The van der Waals surface area contributed by atoms with Crippen molar-refractivity contribution in [3.05, 3.63) is 57.7 Å². The maximum Gasteiger partial charge on any atom is 0.357 e. The summed E-state index contributed by atoms with van der Waals surface area (Å²) >= 11 is 1.42. The van der Waals surface area contributed by atoms with E-state index in [1.165, 1.54) is 34.6 Å². The summed E-state index contributed by atoms with van der Waals surface area (Å²) in [6.07, 6.45) is 1.25. The monoisotopic (exact) mass is 495 g/mol. The second kappa shape index (κ2) is 10.3. The molecule has 2 amide bonds. The van der Waals surface area contributed by atoms with Crippen molar-refractivity contribution in [2.75, 3.05) is 11.3 Å². The highest BCUT2D eigenvalue weighted by molar-refractivity contribution is 7.87. The number of aliphatic hydroxyl groups is 1. The van der Waals surface area contributed by atoms with Crippen LogP contribution >= 0.6 is 11.3 Å². The molecule has 2 aromatic rings. The predicted octanol–water partition coefficient (Wildman–Crippen LogP) is 0.932. The molecular formula is C20H25N5O6S2. The van der Waals surface area contributed by atoms with E-state index < -0.39 is 28.6 Å². The van der Waals surface area contributed by atoms with Crippen LogP contribution in [-0.4, -0.2) is 52.7 Å². The Balaban J connectivity index is 1.74. The number of carbonyl (C=O) groups excluding carboxylic acids is 2. The Hall–Kier alpha value is -3.00. The lowest BCUT2D eigenvalue weighted by molar-refractivity contribution is -0.131. The molecule has 1 unspecified atom stereocenters. The molecule has 33 heavy (non-hydrogen) atoms. The van der Waals surface area contributed by atoms with Gasteiger partial charge in [0.25, 0.3) is 5.91 Å². The van der Waals surface area contributed by atoms with Gasteiger partial charge >= 0.3 is 10.3 Å². The van der Waals surface area contributed by atoms with Gasteiger partial charge in [0.15, 0.2) is 0 Å². The third-order valence-electron chi connectivity index (χ3n) is 4.82. The minimum Gasteiger partial charge on any atom is -0.356 e. The Bertz CT molecular complexity index is 1150. The molecule has 0 spiro atoms. The lowest BCUT2D eigenvalue weighted by Crippen LogP contribution is -2.52. The zero-order valence-electron chi connectivity index (χ0n) is 18.0. The number of thiazole rings is 1. The molecule has 178 valence electrons. The van der Waals surface area contributed by atoms with Crippen LogP contribution in [0.25, 0.3) is 0 Å². The number of aromatic nitrogens is 1. The van der Waals surface area contributed by atoms with Gasteiger partial charge in [0, 0.05) is 17.2 Å². The van der Waals surface area contributed by atoms with Gasteiger partial charge in [-0.15, -0.1) is 11.3 Å². The maximum absolute atomic E-state index is 12.8. The Labute approximate surface area is 195 Å². The molecule has 3 rings (SSSR count). The summed E-state index contributed by atoms with van der Waals surface area (Å²) in [4.78, 5) is 30.3. The maximum atomic E-state index is 12.8. The Morgan fingerprint density at radius 2 is 2.03 bits per heavy atom. The van der Waals surface area contributed by atoms with E-state index in [2.05, 4.69) is 15.6 Å². The Morgan fingerprint density at radius 3 is 2.64 bits per heavy atom. The van der Waals surface area contributed by atoms with Crippen LogP contribution in [0.1, 0.15) is 36.2 Å². The van der Waals surface area contributed by atoms with Gasteiger partial charge in [0.05, 0.1) is 17.4 Å². The number of carbonyl (C=O) groups is 2. The fourth-order valence-corrected chi connectivity index (χ4v) is 4.56. The lowest BCUT2D eigenvalue weighted by atomic mass is 10.1. The van der Waals surface area contributed by atoms with E-state index in [0.717, 1.165) is 17.7 Å². The molecule has 1 aromatic carbocycles. The summed E-state index contributed by atoms with van der Waals surface area (Å²) < 4.78 is 32.8. The summed E-state index contributed by atoms with van der Waals surface area (Å²) in [6, 6.07) is 5.89. The largest absolute Gasteiger partial charge is 0.357 e. The summed E-state index contributed by atoms with van der Waals surface area (Å²) in [5.74, 6) is -0.781. The first-order chi connectivity index (χ1) is 15.5. The van der Waals surface area contributed by atoms with E-state index in [1.807, 2.05) is 17.0 Å². The number of hydrogen-bond acceptors (Lipinski definition) is 8. The van der Waals surface area contributed by atoms with Gasteiger partial charge in [-0.2, -0.15) is 8.42 Å². The zero-order valence-corrected chi connectivity index (χ0v) is 19.6. The van der Waals surface area contributed by atoms with Gasteiger partial charge in [-0.1, -0.05) is 19.1 Å². The lowest BCUT2D eigenvalue weighted by Gasteiger charge is -2.31. The molecule has 0 saturated carbocycles. The van der Waals surface area contributed by atoms with Gasteiger partial charge < -0.3 is 20.6 Å². The molecule has 0 radical (unpaired) electrons. The molecule has 2 heterocycles. The van der Waals surface area contributed by atoms with Crippen molar-refractivity contribution in [2.45, 2.75) is 39.1 Å². The zero-order chi connectivity index (χ0) is 24.2. The van der Waals surface area contributed by atoms with Gasteiger partial charge in [-0.05, 0) is 37.5 Å². The van der Waals surface area contributed by atoms with Crippen LogP contribution in [-0.2, 0) is 32.7 Å². The number of nitrogens with one attached hydrogen (secondary N) is 3. The molecule has 0 saturated heterocycles. The second-order valence-electron chi connectivity index (χ2n) is 7.46. The summed E-state index contributed by atoms with van der Waals surface area (Å²) in [6.45, 7) is 3.38. The average Bonchev–Trinajstić information content (AvgIpc) is 3.21.